The summed E-state index contributed by atoms with van der Waals surface area (Å²) in [7, 11) is 0. The Morgan fingerprint density at radius 1 is 0.941 bits per heavy atom. The molecule has 7 nitrogen and oxygen atoms in total. The van der Waals surface area contributed by atoms with Gasteiger partial charge in [-0.2, -0.15) is 0 Å². The Hall–Kier alpha value is -2.67. The van der Waals surface area contributed by atoms with Gasteiger partial charge in [-0.25, -0.2) is 9.97 Å². The SMILES string of the molecule is O=C(C[C@H]1CN(C(=O)c2cnc(C3CC3)nc2)CC[C@@H]1Oc1ccc(Cl)cc1)N1CCCCC1. The third-order valence-corrected chi connectivity index (χ3v) is 7.31. The Labute approximate surface area is 205 Å². The number of hydrogen-bond donors (Lipinski definition) is 0. The zero-order chi connectivity index (χ0) is 23.5. The number of hydrogen-bond acceptors (Lipinski definition) is 5. The molecule has 0 N–H and O–H groups in total. The highest BCUT2D eigenvalue weighted by Crippen LogP contribution is 2.37. The smallest absolute Gasteiger partial charge is 0.257 e. The molecule has 3 fully saturated rings. The molecule has 1 aliphatic carbocycles. The summed E-state index contributed by atoms with van der Waals surface area (Å²) in [5.41, 5.74) is 0.502. The zero-order valence-corrected chi connectivity index (χ0v) is 20.1. The quantitative estimate of drug-likeness (QED) is 0.613. The van der Waals surface area contributed by atoms with E-state index in [2.05, 4.69) is 9.97 Å². The van der Waals surface area contributed by atoms with Crippen molar-refractivity contribution in [1.82, 2.24) is 19.8 Å². The van der Waals surface area contributed by atoms with Crippen LogP contribution in [0.5, 0.6) is 5.75 Å². The summed E-state index contributed by atoms with van der Waals surface area (Å²) in [5.74, 6) is 2.00. The molecular weight excluding hydrogens is 452 g/mol. The van der Waals surface area contributed by atoms with Gasteiger partial charge >= 0.3 is 0 Å². The van der Waals surface area contributed by atoms with Crippen molar-refractivity contribution >= 4 is 23.4 Å². The van der Waals surface area contributed by atoms with Gasteiger partial charge in [0.1, 0.15) is 17.7 Å². The van der Waals surface area contributed by atoms with Crippen molar-refractivity contribution in [3.63, 3.8) is 0 Å². The van der Waals surface area contributed by atoms with E-state index in [1.54, 1.807) is 24.5 Å². The van der Waals surface area contributed by atoms with Crippen LogP contribution in [-0.2, 0) is 4.79 Å². The standard InChI is InChI=1S/C26H31ClN4O3/c27-21-6-8-22(9-7-21)34-23-10-13-31(17-19(23)14-24(32)30-11-2-1-3-12-30)26(33)20-15-28-25(29-16-20)18-4-5-18/h6-9,15-16,18-19,23H,1-5,10-14,17H2/t19-,23-/m0/s1. The molecule has 34 heavy (non-hydrogen) atoms. The Bertz CT molecular complexity index is 1000. The van der Waals surface area contributed by atoms with Crippen LogP contribution in [0, 0.1) is 5.92 Å². The maximum Gasteiger partial charge on any atom is 0.257 e. The number of halogens is 1. The third kappa shape index (κ3) is 5.52. The number of aromatic nitrogens is 2. The van der Waals surface area contributed by atoms with E-state index in [4.69, 9.17) is 16.3 Å². The van der Waals surface area contributed by atoms with Gasteiger partial charge < -0.3 is 14.5 Å². The average Bonchev–Trinajstić information content (AvgIpc) is 3.72. The largest absolute Gasteiger partial charge is 0.490 e. The molecule has 0 spiro atoms. The fraction of sp³-hybridized carbons (Fsp3) is 0.538. The van der Waals surface area contributed by atoms with Crippen molar-refractivity contribution in [2.24, 2.45) is 5.92 Å². The number of rotatable bonds is 6. The van der Waals surface area contributed by atoms with Crippen molar-refractivity contribution in [2.45, 2.75) is 57.0 Å². The first kappa shape index (κ1) is 23.1. The van der Waals surface area contributed by atoms with Crippen LogP contribution >= 0.6 is 11.6 Å². The topological polar surface area (TPSA) is 75.6 Å². The Balaban J connectivity index is 1.29. The molecule has 1 aromatic heterocycles. The number of likely N-dealkylation sites (tertiary alicyclic amines) is 2. The lowest BCUT2D eigenvalue weighted by Gasteiger charge is -2.39. The van der Waals surface area contributed by atoms with Gasteiger partial charge in [0.15, 0.2) is 0 Å². The summed E-state index contributed by atoms with van der Waals surface area (Å²) in [4.78, 5) is 38.9. The molecule has 3 heterocycles. The van der Waals surface area contributed by atoms with Crippen LogP contribution in [0.3, 0.4) is 0 Å². The summed E-state index contributed by atoms with van der Waals surface area (Å²) in [6.45, 7) is 2.68. The van der Waals surface area contributed by atoms with Crippen LogP contribution in [0.4, 0.5) is 0 Å². The Morgan fingerprint density at radius 2 is 1.65 bits per heavy atom. The molecule has 2 aliphatic heterocycles. The fourth-order valence-corrected chi connectivity index (χ4v) is 5.04. The van der Waals surface area contributed by atoms with Gasteiger partial charge in [-0.3, -0.25) is 9.59 Å². The lowest BCUT2D eigenvalue weighted by atomic mass is 9.90. The maximum absolute atomic E-state index is 13.2. The molecule has 1 saturated carbocycles. The van der Waals surface area contributed by atoms with E-state index in [1.807, 2.05) is 21.9 Å². The first-order valence-electron chi connectivity index (χ1n) is 12.4. The molecule has 8 heteroatoms. The number of piperidine rings is 2. The number of ether oxygens (including phenoxy) is 1. The van der Waals surface area contributed by atoms with Crippen molar-refractivity contribution in [3.8, 4) is 5.75 Å². The monoisotopic (exact) mass is 482 g/mol. The fourth-order valence-electron chi connectivity index (χ4n) is 4.91. The average molecular weight is 483 g/mol. The minimum Gasteiger partial charge on any atom is -0.490 e. The van der Waals surface area contributed by atoms with Gasteiger partial charge in [0.25, 0.3) is 5.91 Å². The van der Waals surface area contributed by atoms with Crippen LogP contribution in [0.25, 0.3) is 0 Å². The van der Waals surface area contributed by atoms with Gasteiger partial charge in [-0.15, -0.1) is 0 Å². The second-order valence-electron chi connectivity index (χ2n) is 9.66. The molecule has 2 aromatic rings. The van der Waals surface area contributed by atoms with Gasteiger partial charge in [-0.1, -0.05) is 11.6 Å². The van der Waals surface area contributed by atoms with Crippen LogP contribution in [-0.4, -0.2) is 63.9 Å². The van der Waals surface area contributed by atoms with E-state index in [9.17, 15) is 9.59 Å². The van der Waals surface area contributed by atoms with Crippen LogP contribution in [0.15, 0.2) is 36.7 Å². The second-order valence-corrected chi connectivity index (χ2v) is 10.1. The van der Waals surface area contributed by atoms with E-state index in [1.165, 1.54) is 6.42 Å². The van der Waals surface area contributed by atoms with E-state index in [-0.39, 0.29) is 23.8 Å². The molecule has 0 unspecified atom stereocenters. The summed E-state index contributed by atoms with van der Waals surface area (Å²) in [5, 5.41) is 0.652. The first-order chi connectivity index (χ1) is 16.6. The molecule has 2 amide bonds. The van der Waals surface area contributed by atoms with Gasteiger partial charge in [0.2, 0.25) is 5.91 Å². The molecule has 0 bridgehead atoms. The highest BCUT2D eigenvalue weighted by Gasteiger charge is 2.36. The number of amides is 2. The zero-order valence-electron chi connectivity index (χ0n) is 19.4. The molecule has 180 valence electrons. The van der Waals surface area contributed by atoms with Crippen molar-refractivity contribution < 1.29 is 14.3 Å². The predicted octanol–water partition coefficient (Wildman–Crippen LogP) is 4.32. The van der Waals surface area contributed by atoms with Crippen LogP contribution in [0.2, 0.25) is 5.02 Å². The Morgan fingerprint density at radius 3 is 2.32 bits per heavy atom. The minimum atomic E-state index is -0.146. The normalized spacial score (nSPS) is 23.0. The highest BCUT2D eigenvalue weighted by atomic mass is 35.5. The third-order valence-electron chi connectivity index (χ3n) is 7.06. The molecule has 3 aliphatic rings. The van der Waals surface area contributed by atoms with Crippen LogP contribution in [0.1, 0.15) is 67.0 Å². The summed E-state index contributed by atoms with van der Waals surface area (Å²) < 4.78 is 6.30. The number of benzene rings is 1. The van der Waals surface area contributed by atoms with E-state index < -0.39 is 0 Å². The molecule has 0 radical (unpaired) electrons. The number of nitrogens with zero attached hydrogens (tertiary/aromatic N) is 4. The minimum absolute atomic E-state index is 0.0808. The second kappa shape index (κ2) is 10.3. The summed E-state index contributed by atoms with van der Waals surface area (Å²) in [6, 6.07) is 7.30. The van der Waals surface area contributed by atoms with Gasteiger partial charge in [0.05, 0.1) is 5.56 Å². The van der Waals surface area contributed by atoms with Crippen LogP contribution < -0.4 is 4.74 Å². The predicted molar refractivity (Wildman–Crippen MR) is 129 cm³/mol. The maximum atomic E-state index is 13.2. The Kier molecular flexibility index (Phi) is 6.99. The van der Waals surface area contributed by atoms with Crippen molar-refractivity contribution in [2.75, 3.05) is 26.2 Å². The van der Waals surface area contributed by atoms with Gasteiger partial charge in [-0.05, 0) is 56.4 Å². The van der Waals surface area contributed by atoms with Crippen molar-refractivity contribution in [1.29, 1.82) is 0 Å². The van der Waals surface area contributed by atoms with E-state index in [0.29, 0.717) is 42.4 Å². The highest BCUT2D eigenvalue weighted by molar-refractivity contribution is 6.30. The molecule has 2 saturated heterocycles. The summed E-state index contributed by atoms with van der Waals surface area (Å²) >= 11 is 6.02. The first-order valence-corrected chi connectivity index (χ1v) is 12.8. The molecule has 2 atom stereocenters. The van der Waals surface area contributed by atoms with E-state index in [0.717, 1.165) is 50.3 Å². The molecular formula is C26H31ClN4O3. The van der Waals surface area contributed by atoms with E-state index >= 15 is 0 Å². The van der Waals surface area contributed by atoms with Crippen molar-refractivity contribution in [3.05, 3.63) is 53.1 Å². The van der Waals surface area contributed by atoms with Gasteiger partial charge in [0, 0.05) is 68.3 Å². The number of carbonyl (C=O) groups is 2. The summed E-state index contributed by atoms with van der Waals surface area (Å²) in [6.07, 6.45) is 9.73. The molecule has 1 aromatic carbocycles. The molecule has 5 rings (SSSR count). The number of carbonyl (C=O) groups excluding carboxylic acids is 2. The lowest BCUT2D eigenvalue weighted by molar-refractivity contribution is -0.134. The lowest BCUT2D eigenvalue weighted by Crippen LogP contribution is -2.50.